The van der Waals surface area contributed by atoms with Crippen molar-refractivity contribution in [2.75, 3.05) is 0 Å². The van der Waals surface area contributed by atoms with E-state index >= 15 is 0 Å². The molecule has 0 amide bonds. The normalized spacial score (nSPS) is 18.0. The molecule has 0 saturated heterocycles. The molecule has 3 aliphatic carbocycles. The van der Waals surface area contributed by atoms with Crippen LogP contribution in [0.4, 0.5) is 0 Å². The van der Waals surface area contributed by atoms with E-state index in [0.29, 0.717) is 19.2 Å². The van der Waals surface area contributed by atoms with Crippen LogP contribution in [0.25, 0.3) is 11.1 Å². The second-order valence-corrected chi connectivity index (χ2v) is 42.8. The fourth-order valence-electron chi connectivity index (χ4n) is 9.30. The van der Waals surface area contributed by atoms with Crippen molar-refractivity contribution < 1.29 is 18.0 Å². The van der Waals surface area contributed by atoms with E-state index in [1.54, 1.807) is 16.7 Å². The molecule has 0 N–H and O–H groups in total. The standard InChI is InChI=1S/C21H25.C15H20.C5H5.2CH3.Hf/c1-20(2,3)16-7-9-18-14(12-16)11-15-13-17(21(4,5)6)8-10-19(15)18;1-12(2)15-9-7-14(8-10-15)11-13-5-3-4-6-13;1-2-4-5-3-1;;;/h7-13H,1-6H3;7-10,12-13H,3-6H2,1-2H3;1-5H;2*1H3;. The molecule has 3 aromatic carbocycles. The van der Waals surface area contributed by atoms with Crippen LogP contribution in [0, 0.1) is 5.92 Å². The molecular weight excluding hydrogens is 695 g/mol. The van der Waals surface area contributed by atoms with Crippen molar-refractivity contribution in [2.24, 2.45) is 5.92 Å². The summed E-state index contributed by atoms with van der Waals surface area (Å²) in [6.07, 6.45) is 15.3. The quantitative estimate of drug-likeness (QED) is 0.228. The third-order valence-corrected chi connectivity index (χ3v) is 37.9. The number of benzene rings is 3. The van der Waals surface area contributed by atoms with Gasteiger partial charge in [0.25, 0.3) is 0 Å². The van der Waals surface area contributed by atoms with Crippen LogP contribution in [0.15, 0.2) is 85.0 Å². The first kappa shape index (κ1) is 31.8. The Morgan fingerprint density at radius 1 is 0.682 bits per heavy atom. The summed E-state index contributed by atoms with van der Waals surface area (Å²) in [5.41, 5.74) is 12.3. The van der Waals surface area contributed by atoms with Crippen LogP contribution in [0.2, 0.25) is 13.0 Å². The monoisotopic (exact) mass is 752 g/mol. The summed E-state index contributed by atoms with van der Waals surface area (Å²) in [5, 5.41) is 0. The van der Waals surface area contributed by atoms with Gasteiger partial charge in [-0.2, -0.15) is 0 Å². The molecule has 1 heteroatoms. The van der Waals surface area contributed by atoms with Gasteiger partial charge < -0.3 is 0 Å². The maximum atomic E-state index is 2.88. The predicted octanol–water partition coefficient (Wildman–Crippen LogP) is 12.6. The molecule has 0 atom stereocenters. The molecular formula is C43H56Hf. The third kappa shape index (κ3) is 5.18. The summed E-state index contributed by atoms with van der Waals surface area (Å²) in [5.74, 6) is 1.22. The van der Waals surface area contributed by atoms with E-state index < -0.39 is 18.0 Å². The van der Waals surface area contributed by atoms with E-state index in [4.69, 9.17) is 0 Å². The molecule has 44 heavy (non-hydrogen) atoms. The van der Waals surface area contributed by atoms with Gasteiger partial charge in [0.15, 0.2) is 0 Å². The molecule has 0 spiro atoms. The van der Waals surface area contributed by atoms with Gasteiger partial charge in [-0.1, -0.05) is 0 Å². The number of allylic oxidation sites excluding steroid dienone is 4. The molecule has 1 fully saturated rings. The van der Waals surface area contributed by atoms with Crippen molar-refractivity contribution in [1.29, 1.82) is 0 Å². The Bertz CT molecular complexity index is 1620. The fraction of sp³-hybridized carbons (Fsp3) is 0.465. The molecule has 0 unspecified atom stereocenters. The van der Waals surface area contributed by atoms with Gasteiger partial charge in [-0.3, -0.25) is 0 Å². The Hall–Kier alpha value is -2.12. The zero-order chi connectivity index (χ0) is 31.7. The minimum atomic E-state index is -4.31. The van der Waals surface area contributed by atoms with E-state index in [0.717, 1.165) is 0 Å². The molecule has 3 aliphatic rings. The molecule has 0 nitrogen and oxygen atoms in total. The van der Waals surface area contributed by atoms with Gasteiger partial charge >= 0.3 is 271 Å². The van der Waals surface area contributed by atoms with Crippen LogP contribution in [0.3, 0.4) is 0 Å². The molecule has 0 aromatic heterocycles. The molecule has 232 valence electrons. The summed E-state index contributed by atoms with van der Waals surface area (Å²) in [6.45, 7) is 18.9. The number of fused-ring (bicyclic) bond motifs is 3. The molecule has 6 rings (SSSR count). The second-order valence-electron chi connectivity index (χ2n) is 17.6. The van der Waals surface area contributed by atoms with Gasteiger partial charge in [-0.15, -0.1) is 0 Å². The summed E-state index contributed by atoms with van der Waals surface area (Å²) in [6, 6.07) is 25.0. The molecule has 0 aliphatic heterocycles. The van der Waals surface area contributed by atoms with Crippen molar-refractivity contribution in [2.45, 2.75) is 115 Å². The summed E-state index contributed by atoms with van der Waals surface area (Å²) in [7, 11) is 0. The van der Waals surface area contributed by atoms with Gasteiger partial charge in [-0.05, 0) is 0 Å². The fourth-order valence-corrected chi connectivity index (χ4v) is 36.3. The van der Waals surface area contributed by atoms with Gasteiger partial charge in [0.2, 0.25) is 0 Å². The summed E-state index contributed by atoms with van der Waals surface area (Å²) >= 11 is -4.31. The van der Waals surface area contributed by atoms with Gasteiger partial charge in [0.05, 0.1) is 0 Å². The van der Waals surface area contributed by atoms with Crippen LogP contribution in [-0.4, -0.2) is 3.26 Å². The van der Waals surface area contributed by atoms with Crippen molar-refractivity contribution in [3.63, 3.8) is 0 Å². The van der Waals surface area contributed by atoms with Crippen molar-refractivity contribution >= 4 is 3.26 Å². The Morgan fingerprint density at radius 2 is 1.16 bits per heavy atom. The number of hydrogen-bond acceptors (Lipinski definition) is 0. The summed E-state index contributed by atoms with van der Waals surface area (Å²) in [4.78, 5) is 0. The van der Waals surface area contributed by atoms with Gasteiger partial charge in [-0.25, -0.2) is 0 Å². The van der Waals surface area contributed by atoms with Gasteiger partial charge in [0, 0.05) is 0 Å². The predicted molar refractivity (Wildman–Crippen MR) is 191 cm³/mol. The number of hydrogen-bond donors (Lipinski definition) is 0. The van der Waals surface area contributed by atoms with Crippen molar-refractivity contribution in [3.05, 3.63) is 118 Å². The Kier molecular flexibility index (Phi) is 7.96. The Morgan fingerprint density at radius 3 is 1.59 bits per heavy atom. The average Bonchev–Trinajstić information content (AvgIpc) is 3.73. The van der Waals surface area contributed by atoms with E-state index in [2.05, 4.69) is 150 Å². The SMILES string of the molecule is CC(C)c1ccc([C](C2CCCC2)=[Hf]([CH3])([CH3])([CH]2C=CC=C2)[CH]2c3cc(C(C)(C)C)ccc3-c3ccc(C(C)(C)C)cc32)cc1. The van der Waals surface area contributed by atoms with Crippen molar-refractivity contribution in [3.8, 4) is 11.1 Å². The molecule has 0 radical (unpaired) electrons. The minimum absolute atomic E-state index is 0.108. The van der Waals surface area contributed by atoms with Crippen LogP contribution in [-0.2, 0) is 28.8 Å². The second kappa shape index (κ2) is 11.0. The molecule has 0 heterocycles. The van der Waals surface area contributed by atoms with E-state index in [1.807, 2.05) is 3.26 Å². The maximum absolute atomic E-state index is 4.31. The van der Waals surface area contributed by atoms with Gasteiger partial charge in [0.1, 0.15) is 0 Å². The van der Waals surface area contributed by atoms with Crippen LogP contribution >= 0.6 is 0 Å². The van der Waals surface area contributed by atoms with E-state index in [-0.39, 0.29) is 10.8 Å². The van der Waals surface area contributed by atoms with E-state index in [1.165, 1.54) is 53.5 Å². The first-order valence-electron chi connectivity index (χ1n) is 17.4. The van der Waals surface area contributed by atoms with E-state index in [9.17, 15) is 0 Å². The molecule has 0 bridgehead atoms. The van der Waals surface area contributed by atoms with Crippen LogP contribution in [0.5, 0.6) is 0 Å². The number of rotatable bonds is 5. The van der Waals surface area contributed by atoms with Crippen LogP contribution in [0.1, 0.15) is 124 Å². The molecule has 3 aromatic rings. The first-order chi connectivity index (χ1) is 20.6. The zero-order valence-electron chi connectivity index (χ0n) is 29.2. The zero-order valence-corrected chi connectivity index (χ0v) is 32.8. The average molecular weight is 751 g/mol. The topological polar surface area (TPSA) is 0 Å². The summed E-state index contributed by atoms with van der Waals surface area (Å²) < 4.78 is 8.60. The van der Waals surface area contributed by atoms with Crippen LogP contribution < -0.4 is 0 Å². The third-order valence-electron chi connectivity index (χ3n) is 11.9. The Labute approximate surface area is 269 Å². The first-order valence-corrected chi connectivity index (χ1v) is 30.5. The van der Waals surface area contributed by atoms with Crippen molar-refractivity contribution in [1.82, 2.24) is 0 Å². The molecule has 1 saturated carbocycles. The Balaban J connectivity index is 1.78.